The summed E-state index contributed by atoms with van der Waals surface area (Å²) in [5, 5.41) is 8.54. The van der Waals surface area contributed by atoms with Crippen LogP contribution in [0.15, 0.2) is 4.52 Å². The van der Waals surface area contributed by atoms with Gasteiger partial charge in [-0.3, -0.25) is 9.48 Å². The lowest BCUT2D eigenvalue weighted by atomic mass is 10.0. The molecule has 27 heavy (non-hydrogen) atoms. The van der Waals surface area contributed by atoms with Gasteiger partial charge in [0.2, 0.25) is 11.8 Å². The fraction of sp³-hybridized carbons (Fsp3) is 0.700. The van der Waals surface area contributed by atoms with Crippen molar-refractivity contribution in [1.82, 2.24) is 24.8 Å². The first-order valence-corrected chi connectivity index (χ1v) is 10.1. The van der Waals surface area contributed by atoms with E-state index in [4.69, 9.17) is 4.52 Å². The molecule has 2 aromatic heterocycles. The molecule has 2 aliphatic rings. The predicted octanol–water partition coefficient (Wildman–Crippen LogP) is 2.71. The molecule has 1 saturated carbocycles. The lowest BCUT2D eigenvalue weighted by Crippen LogP contribution is -2.29. The molecule has 3 heterocycles. The van der Waals surface area contributed by atoms with Gasteiger partial charge >= 0.3 is 0 Å². The summed E-state index contributed by atoms with van der Waals surface area (Å²) in [7, 11) is 1.95. The third-order valence-corrected chi connectivity index (χ3v) is 6.07. The number of hydrogen-bond donors (Lipinski definition) is 0. The number of rotatable bonds is 7. The molecule has 146 valence electrons. The maximum atomic E-state index is 12.6. The van der Waals surface area contributed by atoms with E-state index in [0.29, 0.717) is 18.3 Å². The van der Waals surface area contributed by atoms with Crippen LogP contribution in [-0.4, -0.2) is 43.8 Å². The second-order valence-electron chi connectivity index (χ2n) is 8.13. The van der Waals surface area contributed by atoms with Gasteiger partial charge in [-0.15, -0.1) is 0 Å². The molecule has 0 radical (unpaired) electrons. The standard InChI is InChI=1S/C20H29N5O2/c1-13-17(14(2)24(3)22-13)7-9-19(26)25-11-10-15(12-25)4-8-18-21-20(27-23-18)16-5-6-16/h15-16H,4-12H2,1-3H3. The average Bonchev–Trinajstić information content (AvgIpc) is 3.11. The third-order valence-electron chi connectivity index (χ3n) is 6.07. The highest BCUT2D eigenvalue weighted by Gasteiger charge is 2.30. The van der Waals surface area contributed by atoms with Crippen LogP contribution in [0.4, 0.5) is 0 Å². The van der Waals surface area contributed by atoms with E-state index in [1.807, 2.05) is 23.6 Å². The molecule has 2 aromatic rings. The lowest BCUT2D eigenvalue weighted by molar-refractivity contribution is -0.130. The Balaban J connectivity index is 1.22. The number of likely N-dealkylation sites (tertiary alicyclic amines) is 1. The van der Waals surface area contributed by atoms with Crippen LogP contribution < -0.4 is 0 Å². The second-order valence-corrected chi connectivity index (χ2v) is 8.13. The second kappa shape index (κ2) is 7.44. The first kappa shape index (κ1) is 18.2. The summed E-state index contributed by atoms with van der Waals surface area (Å²) in [5.41, 5.74) is 3.41. The number of carbonyl (C=O) groups excluding carboxylic acids is 1. The Labute approximate surface area is 160 Å². The van der Waals surface area contributed by atoms with Crippen LogP contribution in [0.3, 0.4) is 0 Å². The van der Waals surface area contributed by atoms with Gasteiger partial charge in [-0.25, -0.2) is 0 Å². The van der Waals surface area contributed by atoms with Crippen molar-refractivity contribution >= 4 is 5.91 Å². The molecule has 7 nitrogen and oxygen atoms in total. The van der Waals surface area contributed by atoms with Crippen molar-refractivity contribution < 1.29 is 9.32 Å². The van der Waals surface area contributed by atoms with Gasteiger partial charge in [0, 0.05) is 44.6 Å². The molecule has 4 rings (SSSR count). The topological polar surface area (TPSA) is 77.0 Å². The maximum absolute atomic E-state index is 12.6. The molecule has 0 spiro atoms. The van der Waals surface area contributed by atoms with E-state index in [1.165, 1.54) is 18.4 Å². The summed E-state index contributed by atoms with van der Waals surface area (Å²) in [4.78, 5) is 19.1. The van der Waals surface area contributed by atoms with Crippen LogP contribution in [-0.2, 0) is 24.7 Å². The Morgan fingerprint density at radius 3 is 2.74 bits per heavy atom. The largest absolute Gasteiger partial charge is 0.342 e. The number of amides is 1. The normalized spacial score (nSPS) is 19.8. The zero-order chi connectivity index (χ0) is 19.0. The minimum Gasteiger partial charge on any atom is -0.342 e. The molecule has 0 bridgehead atoms. The van der Waals surface area contributed by atoms with Gasteiger partial charge in [0.15, 0.2) is 5.82 Å². The summed E-state index contributed by atoms with van der Waals surface area (Å²) in [6.45, 7) is 5.81. The number of aryl methyl sites for hydroxylation is 3. The average molecular weight is 371 g/mol. The highest BCUT2D eigenvalue weighted by Crippen LogP contribution is 2.38. The Hall–Kier alpha value is -2.18. The van der Waals surface area contributed by atoms with E-state index in [-0.39, 0.29) is 5.91 Å². The fourth-order valence-electron chi connectivity index (χ4n) is 4.06. The van der Waals surface area contributed by atoms with Crippen molar-refractivity contribution in [2.24, 2.45) is 13.0 Å². The molecule has 1 atom stereocenters. The zero-order valence-electron chi connectivity index (χ0n) is 16.6. The maximum Gasteiger partial charge on any atom is 0.229 e. The quantitative estimate of drug-likeness (QED) is 0.748. The number of aromatic nitrogens is 4. The number of hydrogen-bond acceptors (Lipinski definition) is 5. The minimum absolute atomic E-state index is 0.260. The Morgan fingerprint density at radius 1 is 1.22 bits per heavy atom. The Bertz CT molecular complexity index is 820. The van der Waals surface area contributed by atoms with Crippen molar-refractivity contribution in [3.8, 4) is 0 Å². The summed E-state index contributed by atoms with van der Waals surface area (Å²) in [6.07, 6.45) is 6.64. The van der Waals surface area contributed by atoms with Crippen LogP contribution in [0.25, 0.3) is 0 Å². The van der Waals surface area contributed by atoms with E-state index in [2.05, 4.69) is 22.2 Å². The molecule has 1 unspecified atom stereocenters. The van der Waals surface area contributed by atoms with Crippen LogP contribution in [0.5, 0.6) is 0 Å². The Morgan fingerprint density at radius 2 is 2.04 bits per heavy atom. The smallest absolute Gasteiger partial charge is 0.229 e. The van der Waals surface area contributed by atoms with E-state index in [0.717, 1.165) is 61.9 Å². The highest BCUT2D eigenvalue weighted by atomic mass is 16.5. The molecule has 0 aromatic carbocycles. The van der Waals surface area contributed by atoms with Crippen molar-refractivity contribution in [3.05, 3.63) is 28.7 Å². The van der Waals surface area contributed by atoms with Crippen molar-refractivity contribution in [2.75, 3.05) is 13.1 Å². The molecule has 7 heteroatoms. The van der Waals surface area contributed by atoms with Gasteiger partial charge in [0.25, 0.3) is 0 Å². The predicted molar refractivity (Wildman–Crippen MR) is 100 cm³/mol. The molecule has 2 fully saturated rings. The summed E-state index contributed by atoms with van der Waals surface area (Å²) < 4.78 is 7.22. The Kier molecular flexibility index (Phi) is 5.02. The van der Waals surface area contributed by atoms with Crippen LogP contribution in [0.1, 0.15) is 66.7 Å². The van der Waals surface area contributed by atoms with Crippen LogP contribution in [0, 0.1) is 19.8 Å². The summed E-state index contributed by atoms with van der Waals surface area (Å²) >= 11 is 0. The molecule has 1 saturated heterocycles. The molecule has 1 aliphatic carbocycles. The molecular formula is C20H29N5O2. The van der Waals surface area contributed by atoms with Gasteiger partial charge in [0.1, 0.15) is 0 Å². The van der Waals surface area contributed by atoms with Crippen molar-refractivity contribution in [2.45, 2.75) is 64.7 Å². The fourth-order valence-corrected chi connectivity index (χ4v) is 4.06. The molecule has 1 amide bonds. The monoisotopic (exact) mass is 371 g/mol. The van der Waals surface area contributed by atoms with Gasteiger partial charge in [-0.05, 0) is 57.4 Å². The minimum atomic E-state index is 0.260. The summed E-state index contributed by atoms with van der Waals surface area (Å²) in [5.74, 6) is 2.95. The van der Waals surface area contributed by atoms with Crippen molar-refractivity contribution in [3.63, 3.8) is 0 Å². The van der Waals surface area contributed by atoms with E-state index in [1.54, 1.807) is 0 Å². The molecule has 0 N–H and O–H groups in total. The van der Waals surface area contributed by atoms with E-state index < -0.39 is 0 Å². The van der Waals surface area contributed by atoms with Gasteiger partial charge in [0.05, 0.1) is 5.69 Å². The van der Waals surface area contributed by atoms with Gasteiger partial charge < -0.3 is 9.42 Å². The van der Waals surface area contributed by atoms with Crippen molar-refractivity contribution in [1.29, 1.82) is 0 Å². The number of carbonyl (C=O) groups is 1. The first-order chi connectivity index (χ1) is 13.0. The van der Waals surface area contributed by atoms with E-state index in [9.17, 15) is 4.79 Å². The zero-order valence-corrected chi connectivity index (χ0v) is 16.6. The first-order valence-electron chi connectivity index (χ1n) is 10.1. The molecular weight excluding hydrogens is 342 g/mol. The highest BCUT2D eigenvalue weighted by molar-refractivity contribution is 5.76. The lowest BCUT2D eigenvalue weighted by Gasteiger charge is -2.16. The van der Waals surface area contributed by atoms with Gasteiger partial charge in [-0.1, -0.05) is 5.16 Å². The van der Waals surface area contributed by atoms with E-state index >= 15 is 0 Å². The SMILES string of the molecule is Cc1nn(C)c(C)c1CCC(=O)N1CCC(CCc2noc(C3CC3)n2)C1. The summed E-state index contributed by atoms with van der Waals surface area (Å²) in [6, 6.07) is 0. The van der Waals surface area contributed by atoms with Crippen LogP contribution in [0.2, 0.25) is 0 Å². The van der Waals surface area contributed by atoms with Gasteiger partial charge in [-0.2, -0.15) is 10.1 Å². The number of nitrogens with zero attached hydrogens (tertiary/aromatic N) is 5. The third kappa shape index (κ3) is 4.06. The molecule has 1 aliphatic heterocycles. The van der Waals surface area contributed by atoms with Crippen LogP contribution >= 0.6 is 0 Å².